The van der Waals surface area contributed by atoms with Crippen molar-refractivity contribution in [3.05, 3.63) is 70.9 Å². The molecular weight excluding hydrogens is 350 g/mol. The zero-order chi connectivity index (χ0) is 17.3. The minimum absolute atomic E-state index is 0.205. The number of benzene rings is 2. The number of rotatable bonds is 4. The Morgan fingerprint density at radius 2 is 1.79 bits per heavy atom. The maximum atomic E-state index is 12.8. The van der Waals surface area contributed by atoms with Gasteiger partial charge in [-0.05, 0) is 23.8 Å². The average Bonchev–Trinajstić information content (AvgIpc) is 2.97. The molecule has 0 unspecified atom stereocenters. The molecule has 0 aliphatic heterocycles. The molecule has 0 N–H and O–H groups in total. The van der Waals surface area contributed by atoms with Crippen molar-refractivity contribution >= 4 is 38.5 Å². The van der Waals surface area contributed by atoms with Gasteiger partial charge in [0, 0.05) is 16.6 Å². The summed E-state index contributed by atoms with van der Waals surface area (Å²) < 4.78 is 31.5. The molecule has 0 saturated carbocycles. The first-order valence-electron chi connectivity index (χ1n) is 7.08. The van der Waals surface area contributed by atoms with Gasteiger partial charge in [-0.15, -0.1) is 0 Å². The molecule has 0 saturated heterocycles. The van der Waals surface area contributed by atoms with E-state index in [-0.39, 0.29) is 11.3 Å². The maximum Gasteiger partial charge on any atom is 0.340 e. The number of hydrogen-bond donors (Lipinski definition) is 0. The topological polar surface area (TPSA) is 65.4 Å². The Kier molecular flexibility index (Phi) is 4.34. The highest BCUT2D eigenvalue weighted by molar-refractivity contribution is 7.89. The minimum Gasteiger partial charge on any atom is -0.465 e. The molecule has 124 valence electrons. The van der Waals surface area contributed by atoms with Gasteiger partial charge < -0.3 is 4.74 Å². The fourth-order valence-electron chi connectivity index (χ4n) is 2.51. The molecule has 1 aromatic heterocycles. The Balaban J connectivity index is 2.10. The predicted molar refractivity (Wildman–Crippen MR) is 92.8 cm³/mol. The van der Waals surface area contributed by atoms with E-state index in [9.17, 15) is 13.2 Å². The number of aromatic nitrogens is 1. The van der Waals surface area contributed by atoms with Crippen molar-refractivity contribution < 1.29 is 17.9 Å². The Morgan fingerprint density at radius 3 is 2.46 bits per heavy atom. The highest BCUT2D eigenvalue weighted by Crippen LogP contribution is 2.25. The van der Waals surface area contributed by atoms with E-state index in [1.807, 2.05) is 0 Å². The van der Waals surface area contributed by atoms with Crippen molar-refractivity contribution in [2.45, 2.75) is 5.75 Å². The minimum atomic E-state index is -3.71. The number of nitrogens with zero attached hydrogens (tertiary/aromatic N) is 1. The molecule has 0 bridgehead atoms. The van der Waals surface area contributed by atoms with Gasteiger partial charge in [-0.25, -0.2) is 17.2 Å². The van der Waals surface area contributed by atoms with Gasteiger partial charge in [0.05, 0.1) is 23.9 Å². The molecule has 0 amide bonds. The number of halogens is 1. The van der Waals surface area contributed by atoms with E-state index in [0.29, 0.717) is 21.5 Å². The van der Waals surface area contributed by atoms with Gasteiger partial charge in [0.25, 0.3) is 0 Å². The highest BCUT2D eigenvalue weighted by Gasteiger charge is 2.22. The maximum absolute atomic E-state index is 12.8. The second-order valence-electron chi connectivity index (χ2n) is 5.23. The van der Waals surface area contributed by atoms with Gasteiger partial charge in [-0.1, -0.05) is 41.9 Å². The Labute approximate surface area is 144 Å². The summed E-state index contributed by atoms with van der Waals surface area (Å²) in [6, 6.07) is 13.4. The van der Waals surface area contributed by atoms with Crippen molar-refractivity contribution in [2.24, 2.45) is 0 Å². The second kappa shape index (κ2) is 6.30. The third-order valence-electron chi connectivity index (χ3n) is 3.65. The van der Waals surface area contributed by atoms with E-state index < -0.39 is 16.0 Å². The number of methoxy groups -OCH3 is 1. The number of hydrogen-bond acceptors (Lipinski definition) is 4. The largest absolute Gasteiger partial charge is 0.465 e. The Bertz CT molecular complexity index is 1010. The SMILES string of the molecule is COC(=O)c1cn(S(=O)(=O)Cc2ccc(Cl)cc2)c2ccccc12. The van der Waals surface area contributed by atoms with Crippen LogP contribution in [-0.2, 0) is 20.5 Å². The lowest BCUT2D eigenvalue weighted by Gasteiger charge is -2.07. The molecule has 0 aliphatic carbocycles. The lowest BCUT2D eigenvalue weighted by molar-refractivity contribution is 0.0603. The van der Waals surface area contributed by atoms with Crippen LogP contribution in [0, 0.1) is 0 Å². The number of para-hydroxylation sites is 1. The van der Waals surface area contributed by atoms with Crippen LogP contribution in [0.4, 0.5) is 0 Å². The summed E-state index contributed by atoms with van der Waals surface area (Å²) in [7, 11) is -2.45. The molecule has 0 spiro atoms. The van der Waals surface area contributed by atoms with Gasteiger partial charge in [-0.3, -0.25) is 0 Å². The number of esters is 1. The van der Waals surface area contributed by atoms with Crippen LogP contribution < -0.4 is 0 Å². The van der Waals surface area contributed by atoms with Crippen molar-refractivity contribution in [3.8, 4) is 0 Å². The van der Waals surface area contributed by atoms with Crippen molar-refractivity contribution in [1.82, 2.24) is 3.97 Å². The van der Waals surface area contributed by atoms with Crippen LogP contribution in [0.3, 0.4) is 0 Å². The molecular formula is C17H14ClNO4S. The summed E-state index contributed by atoms with van der Waals surface area (Å²) in [5, 5.41) is 1.07. The fraction of sp³-hybridized carbons (Fsp3) is 0.118. The highest BCUT2D eigenvalue weighted by atomic mass is 35.5. The summed E-state index contributed by atoms with van der Waals surface area (Å²) >= 11 is 5.83. The fourth-order valence-corrected chi connectivity index (χ4v) is 4.12. The molecule has 0 atom stereocenters. The molecule has 3 aromatic rings. The molecule has 7 heteroatoms. The van der Waals surface area contributed by atoms with Crippen molar-refractivity contribution in [2.75, 3.05) is 7.11 Å². The van der Waals surface area contributed by atoms with Gasteiger partial charge >= 0.3 is 5.97 Å². The second-order valence-corrected chi connectivity index (χ2v) is 7.51. The number of fused-ring (bicyclic) bond motifs is 1. The number of carbonyl (C=O) groups excluding carboxylic acids is 1. The molecule has 0 aliphatic rings. The first-order chi connectivity index (χ1) is 11.4. The lowest BCUT2D eigenvalue weighted by atomic mass is 10.2. The van der Waals surface area contributed by atoms with Gasteiger partial charge in [0.2, 0.25) is 10.0 Å². The first-order valence-corrected chi connectivity index (χ1v) is 9.07. The van der Waals surface area contributed by atoms with E-state index in [1.165, 1.54) is 13.3 Å². The van der Waals surface area contributed by atoms with Gasteiger partial charge in [0.15, 0.2) is 0 Å². The summed E-state index contributed by atoms with van der Waals surface area (Å²) in [5.74, 6) is -0.782. The molecule has 2 aromatic carbocycles. The van der Waals surface area contributed by atoms with Crippen LogP contribution in [0.25, 0.3) is 10.9 Å². The molecule has 5 nitrogen and oxygen atoms in total. The van der Waals surface area contributed by atoms with E-state index >= 15 is 0 Å². The van der Waals surface area contributed by atoms with Crippen LogP contribution in [-0.4, -0.2) is 25.5 Å². The number of carbonyl (C=O) groups is 1. The summed E-state index contributed by atoms with van der Waals surface area (Å²) in [6.45, 7) is 0. The Hall–Kier alpha value is -2.31. The van der Waals surface area contributed by atoms with E-state index in [2.05, 4.69) is 0 Å². The van der Waals surface area contributed by atoms with Crippen LogP contribution in [0.5, 0.6) is 0 Å². The normalized spacial score (nSPS) is 11.6. The Morgan fingerprint density at radius 1 is 1.12 bits per heavy atom. The smallest absolute Gasteiger partial charge is 0.340 e. The molecule has 24 heavy (non-hydrogen) atoms. The quantitative estimate of drug-likeness (QED) is 0.666. The van der Waals surface area contributed by atoms with E-state index in [1.54, 1.807) is 48.5 Å². The molecule has 1 heterocycles. The first kappa shape index (κ1) is 16.5. The van der Waals surface area contributed by atoms with Gasteiger partial charge in [0.1, 0.15) is 0 Å². The molecule has 0 radical (unpaired) electrons. The standard InChI is InChI=1S/C17H14ClNO4S/c1-23-17(20)15-10-19(16-5-3-2-4-14(15)16)24(21,22)11-12-6-8-13(18)9-7-12/h2-10H,11H2,1H3. The van der Waals surface area contributed by atoms with Crippen LogP contribution in [0.2, 0.25) is 5.02 Å². The van der Waals surface area contributed by atoms with Crippen LogP contribution >= 0.6 is 11.6 Å². The van der Waals surface area contributed by atoms with E-state index in [0.717, 1.165) is 3.97 Å². The zero-order valence-corrected chi connectivity index (χ0v) is 14.3. The van der Waals surface area contributed by atoms with Crippen molar-refractivity contribution in [1.29, 1.82) is 0 Å². The van der Waals surface area contributed by atoms with Crippen LogP contribution in [0.15, 0.2) is 54.7 Å². The van der Waals surface area contributed by atoms with Gasteiger partial charge in [-0.2, -0.15) is 0 Å². The predicted octanol–water partition coefficient (Wildman–Crippen LogP) is 3.46. The zero-order valence-electron chi connectivity index (χ0n) is 12.8. The van der Waals surface area contributed by atoms with E-state index in [4.69, 9.17) is 16.3 Å². The number of ether oxygens (including phenoxy) is 1. The summed E-state index contributed by atoms with van der Waals surface area (Å²) in [4.78, 5) is 11.9. The monoisotopic (exact) mass is 363 g/mol. The summed E-state index contributed by atoms with van der Waals surface area (Å²) in [6.07, 6.45) is 1.31. The average molecular weight is 364 g/mol. The summed E-state index contributed by atoms with van der Waals surface area (Å²) in [5.41, 5.74) is 1.26. The lowest BCUT2D eigenvalue weighted by Crippen LogP contribution is -2.14. The third kappa shape index (κ3) is 3.02. The van der Waals surface area contributed by atoms with Crippen LogP contribution in [0.1, 0.15) is 15.9 Å². The van der Waals surface area contributed by atoms with Crippen molar-refractivity contribution in [3.63, 3.8) is 0 Å². The molecule has 0 fully saturated rings. The molecule has 3 rings (SSSR count). The third-order valence-corrected chi connectivity index (χ3v) is 5.50.